The van der Waals surface area contributed by atoms with Crippen LogP contribution in [0.1, 0.15) is 118 Å². The number of benzene rings is 3. The molecule has 9 aromatic rings. The first-order chi connectivity index (χ1) is 45.5. The second kappa shape index (κ2) is 36.2. The van der Waals surface area contributed by atoms with Gasteiger partial charge in [0.05, 0.1) is 111 Å². The van der Waals surface area contributed by atoms with Crippen molar-refractivity contribution in [1.29, 1.82) is 0 Å². The normalized spacial score (nSPS) is 18.0. The first kappa shape index (κ1) is 75.2. The van der Waals surface area contributed by atoms with E-state index >= 15 is 0 Å². The van der Waals surface area contributed by atoms with Gasteiger partial charge in [-0.2, -0.15) is 45.0 Å². The van der Waals surface area contributed by atoms with Crippen LogP contribution in [0.25, 0.3) is 17.1 Å². The molecule has 3 aromatic carbocycles. The Hall–Kier alpha value is -8.19. The molecular formula is C65H69BClI2LiN15O11. The molecule has 12 rings (SSSR count). The zero-order chi connectivity index (χ0) is 66.8. The number of aliphatic hydroxyl groups is 2. The molecule has 0 unspecified atom stereocenters. The van der Waals surface area contributed by atoms with Crippen LogP contribution < -0.4 is 28.3 Å². The van der Waals surface area contributed by atoms with Gasteiger partial charge in [0.15, 0.2) is 0 Å². The molecule has 0 spiro atoms. The number of nitrogens with zero attached hydrogens (tertiary/aromatic N) is 15. The second-order valence-corrected chi connectivity index (χ2v) is 24.5. The Morgan fingerprint density at radius 3 is 1.30 bits per heavy atom. The number of ether oxygens (including phenoxy) is 4. The number of carbonyl (C=O) groups excluding carboxylic acids is 5. The fraction of sp³-hybridized carbons (Fsp3) is 0.323. The number of amides is 3. The standard InChI is InChI=1S/C22H22IN5O4.C21H23N5O3.C15H18N4O2.C7H5ClINO2.B.Li.H/c1-14-7-8-15(32-20-19(22(30)31-2)17(23)9-10-24-20)13-27(14)21(29)16-5-3-4-6-18(16)28-25-11-12-26-28;1-15-8-9-17(29-20-16(14-27)5-4-10-22-20)13-25(15)21(28)18-6-2-3-7-19(18)26-23-11-12-24-26;1-11-6-7-12(20)10-18(11)15(21)13-4-2-3-5-14(13)19-16-8-9-17-19;1-12-7(11)5-4(9)2-3-10-6(5)8;;;/h3-6,9-12,14-15H,7-8,13H2,1-2H3;2-7,10-12,15,17,27H,8-9,13-14H2,1H3;2-5,8-9,11-12,20H,6-7,10H2,1H3;2-3H,1H3;;;/q;;;;;+1;-1/t14-,15-;15-,17-;11-,12-;;;;/m111..../s1. The molecular weight excluding hydrogens is 1470 g/mol. The maximum Gasteiger partial charge on any atom is 1.00 e. The van der Waals surface area contributed by atoms with Gasteiger partial charge in [-0.05, 0) is 165 Å². The Morgan fingerprint density at radius 1 is 0.500 bits per heavy atom. The number of β-amino-alcohol motifs (C(OH)–C–C–N with tert-alkyl or cyclic N) is 1. The average Bonchev–Trinajstić information content (AvgIpc) is 1.82. The van der Waals surface area contributed by atoms with Crippen molar-refractivity contribution < 1.29 is 73.4 Å². The molecule has 31 heteroatoms. The van der Waals surface area contributed by atoms with Crippen LogP contribution in [0.3, 0.4) is 0 Å². The van der Waals surface area contributed by atoms with Crippen molar-refractivity contribution in [2.24, 2.45) is 0 Å². The number of methoxy groups -OCH3 is 2. The number of hydrogen-bond acceptors (Lipinski definition) is 20. The van der Waals surface area contributed by atoms with Gasteiger partial charge < -0.3 is 45.3 Å². The van der Waals surface area contributed by atoms with Crippen LogP contribution in [0, 0.1) is 7.14 Å². The van der Waals surface area contributed by atoms with Gasteiger partial charge in [0.1, 0.15) is 28.5 Å². The summed E-state index contributed by atoms with van der Waals surface area (Å²) < 4.78 is 23.0. The van der Waals surface area contributed by atoms with E-state index in [4.69, 9.17) is 25.8 Å². The summed E-state index contributed by atoms with van der Waals surface area (Å²) in [5, 5.41) is 44.3. The van der Waals surface area contributed by atoms with Crippen molar-refractivity contribution in [3.63, 3.8) is 0 Å². The topological polar surface area (TPSA) is 303 Å². The molecule has 26 nitrogen and oxygen atoms in total. The Kier molecular flexibility index (Phi) is 28.4. The number of aromatic nitrogens is 12. The van der Waals surface area contributed by atoms with Crippen LogP contribution >= 0.6 is 56.8 Å². The van der Waals surface area contributed by atoms with Crippen molar-refractivity contribution in [2.75, 3.05) is 33.9 Å². The molecule has 9 heterocycles. The number of piperidine rings is 3. The molecule has 3 radical (unpaired) electrons. The van der Waals surface area contributed by atoms with E-state index in [9.17, 15) is 34.2 Å². The van der Waals surface area contributed by atoms with E-state index in [1.54, 1.807) is 102 Å². The van der Waals surface area contributed by atoms with Crippen molar-refractivity contribution >= 4 is 94.9 Å². The molecule has 6 atom stereocenters. The van der Waals surface area contributed by atoms with Gasteiger partial charge >= 0.3 is 30.8 Å². The Bertz CT molecular complexity index is 4030. The fourth-order valence-corrected chi connectivity index (χ4v) is 12.4. The van der Waals surface area contributed by atoms with Gasteiger partial charge in [-0.3, -0.25) is 14.4 Å². The first-order valence-corrected chi connectivity index (χ1v) is 32.5. The first-order valence-electron chi connectivity index (χ1n) is 30.0. The molecule has 3 aliphatic rings. The number of esters is 2. The number of halogens is 3. The van der Waals surface area contributed by atoms with E-state index in [2.05, 4.69) is 72.9 Å². The van der Waals surface area contributed by atoms with Crippen molar-refractivity contribution in [3.8, 4) is 28.8 Å². The van der Waals surface area contributed by atoms with Gasteiger partial charge in [-0.1, -0.05) is 48.0 Å². The smallest absolute Gasteiger partial charge is 1.00 e. The molecule has 3 saturated heterocycles. The molecule has 3 fully saturated rings. The third-order valence-corrected chi connectivity index (χ3v) is 17.8. The number of hydrogen-bond donors (Lipinski definition) is 2. The molecule has 0 saturated carbocycles. The van der Waals surface area contributed by atoms with Gasteiger partial charge in [0.25, 0.3) is 17.7 Å². The average molecular weight is 1540 g/mol. The second-order valence-electron chi connectivity index (χ2n) is 21.8. The van der Waals surface area contributed by atoms with E-state index < -0.39 is 18.0 Å². The van der Waals surface area contributed by atoms with Gasteiger partial charge in [-0.25, -0.2) is 24.5 Å². The summed E-state index contributed by atoms with van der Waals surface area (Å²) in [6.07, 6.45) is 18.0. The minimum atomic E-state index is -0.504. The summed E-state index contributed by atoms with van der Waals surface area (Å²) in [5.41, 5.74) is 4.77. The predicted molar refractivity (Wildman–Crippen MR) is 367 cm³/mol. The third-order valence-electron chi connectivity index (χ3n) is 15.7. The van der Waals surface area contributed by atoms with Crippen molar-refractivity contribution in [1.82, 2.24) is 74.6 Å². The summed E-state index contributed by atoms with van der Waals surface area (Å²) in [4.78, 5) is 85.0. The van der Waals surface area contributed by atoms with Crippen LogP contribution in [0.15, 0.2) is 153 Å². The van der Waals surface area contributed by atoms with Gasteiger partial charge in [0.2, 0.25) is 11.8 Å². The monoisotopic (exact) mass is 1540 g/mol. The molecule has 0 bridgehead atoms. The minimum absolute atomic E-state index is 0. The Balaban J connectivity index is 0.000000212. The molecule has 495 valence electrons. The maximum atomic E-state index is 13.5. The minimum Gasteiger partial charge on any atom is -1.00 e. The van der Waals surface area contributed by atoms with Crippen LogP contribution in [-0.2, 0) is 16.1 Å². The van der Waals surface area contributed by atoms with E-state index in [0.29, 0.717) is 79.5 Å². The van der Waals surface area contributed by atoms with E-state index in [1.165, 1.54) is 34.8 Å². The van der Waals surface area contributed by atoms with Crippen molar-refractivity contribution in [2.45, 2.75) is 102 Å². The summed E-state index contributed by atoms with van der Waals surface area (Å²) >= 11 is 9.74. The molecule has 3 amide bonds. The summed E-state index contributed by atoms with van der Waals surface area (Å²) in [7, 11) is 2.63. The van der Waals surface area contributed by atoms with E-state index in [0.717, 1.165) is 42.1 Å². The molecule has 3 aliphatic heterocycles. The van der Waals surface area contributed by atoms with E-state index in [1.807, 2.05) is 103 Å². The largest absolute Gasteiger partial charge is 1.00 e. The number of likely N-dealkylation sites (tertiary alicyclic amines) is 3. The van der Waals surface area contributed by atoms with Crippen LogP contribution in [0.4, 0.5) is 0 Å². The number of aliphatic hydroxyl groups excluding tert-OH is 2. The number of pyridine rings is 3. The SMILES string of the molecule is COC(=O)c1c(I)ccnc1Cl.COC(=O)c1c(I)ccnc1O[C@@H]1CC[C@@H](C)N(C(=O)c2ccccc2-n2nccn2)C1.C[C@@H]1CC[C@@H](O)CN1C(=O)c1ccccc1-n1nccn1.C[C@@H]1CC[C@@H](Oc2ncccc2CO)CN1C(=O)c1ccccc1-n1nccn1.[B].[H-].[Li+]. The number of carbonyl (C=O) groups is 5. The molecule has 6 aromatic heterocycles. The summed E-state index contributed by atoms with van der Waals surface area (Å²) in [6.45, 7) is 7.13. The predicted octanol–water partition coefficient (Wildman–Crippen LogP) is 5.47. The molecule has 0 aliphatic carbocycles. The summed E-state index contributed by atoms with van der Waals surface area (Å²) in [5.74, 6) is -0.619. The van der Waals surface area contributed by atoms with Crippen LogP contribution in [0.2, 0.25) is 5.15 Å². The zero-order valence-electron chi connectivity index (χ0n) is 54.5. The quantitative estimate of drug-likeness (QED) is 0.0626. The van der Waals surface area contributed by atoms with Crippen molar-refractivity contribution in [3.05, 3.63) is 199 Å². The number of para-hydroxylation sites is 3. The van der Waals surface area contributed by atoms with E-state index in [-0.39, 0.29) is 94.4 Å². The maximum absolute atomic E-state index is 13.5. The van der Waals surface area contributed by atoms with Gasteiger partial charge in [-0.15, -0.1) is 0 Å². The van der Waals surface area contributed by atoms with Gasteiger partial charge in [0, 0.05) is 64.4 Å². The third kappa shape index (κ3) is 18.7. The Morgan fingerprint density at radius 2 is 0.875 bits per heavy atom. The fourth-order valence-electron chi connectivity index (χ4n) is 10.7. The van der Waals surface area contributed by atoms with Crippen LogP contribution in [-0.4, -0.2) is 193 Å². The summed E-state index contributed by atoms with van der Waals surface area (Å²) in [6, 6.07) is 29.0. The Labute approximate surface area is 601 Å². The molecule has 96 heavy (non-hydrogen) atoms. The molecule has 2 N–H and O–H groups in total. The van der Waals surface area contributed by atoms with Crippen LogP contribution in [0.5, 0.6) is 11.8 Å². The zero-order valence-corrected chi connectivity index (χ0v) is 58.5. The number of rotatable bonds is 13.